The van der Waals surface area contributed by atoms with Gasteiger partial charge in [-0.3, -0.25) is 14.6 Å². The van der Waals surface area contributed by atoms with Crippen molar-refractivity contribution in [3.05, 3.63) is 74.9 Å². The molecule has 3 aromatic rings. The van der Waals surface area contributed by atoms with Gasteiger partial charge in [0.25, 0.3) is 5.91 Å². The van der Waals surface area contributed by atoms with Crippen LogP contribution in [-0.4, -0.2) is 22.3 Å². The van der Waals surface area contributed by atoms with Crippen LogP contribution in [0.25, 0.3) is 11.0 Å². The van der Waals surface area contributed by atoms with Crippen molar-refractivity contribution in [3.63, 3.8) is 0 Å². The fourth-order valence-corrected chi connectivity index (χ4v) is 3.45. The molecule has 0 saturated carbocycles. The average molecular weight is 334 g/mol. The van der Waals surface area contributed by atoms with Gasteiger partial charge in [-0.05, 0) is 56.2 Å². The molecule has 1 aliphatic rings. The number of rotatable bonds is 2. The lowest BCUT2D eigenvalue weighted by Gasteiger charge is -2.22. The second-order valence-electron chi connectivity index (χ2n) is 6.35. The molecule has 5 nitrogen and oxygen atoms in total. The highest BCUT2D eigenvalue weighted by molar-refractivity contribution is 5.99. The fourth-order valence-electron chi connectivity index (χ4n) is 3.45. The first kappa shape index (κ1) is 15.6. The molecule has 2 aromatic heterocycles. The summed E-state index contributed by atoms with van der Waals surface area (Å²) in [5.41, 5.74) is 3.41. The van der Waals surface area contributed by atoms with Crippen LogP contribution in [0.2, 0.25) is 0 Å². The van der Waals surface area contributed by atoms with Crippen molar-refractivity contribution in [3.8, 4) is 0 Å². The van der Waals surface area contributed by atoms with Crippen LogP contribution in [0.4, 0.5) is 0 Å². The maximum Gasteiger partial charge on any atom is 0.290 e. The number of aryl methyl sites for hydroxylation is 2. The maximum absolute atomic E-state index is 13.2. The Morgan fingerprint density at radius 1 is 1.16 bits per heavy atom. The molecule has 1 aliphatic heterocycles. The lowest BCUT2D eigenvalue weighted by molar-refractivity contribution is 0.0735. The minimum atomic E-state index is -0.504. The highest BCUT2D eigenvalue weighted by Crippen LogP contribution is 2.37. The Balaban J connectivity index is 2.06. The topological polar surface area (TPSA) is 63.4 Å². The summed E-state index contributed by atoms with van der Waals surface area (Å²) in [7, 11) is 0. The van der Waals surface area contributed by atoms with Gasteiger partial charge in [0.15, 0.2) is 5.43 Å². The summed E-state index contributed by atoms with van der Waals surface area (Å²) in [5.74, 6) is -0.122. The Hall–Kier alpha value is -2.95. The molecule has 1 atom stereocenters. The Morgan fingerprint density at radius 3 is 2.60 bits per heavy atom. The lowest BCUT2D eigenvalue weighted by atomic mass is 10.0. The number of fused-ring (bicyclic) bond motifs is 2. The summed E-state index contributed by atoms with van der Waals surface area (Å²) in [5, 5.41) is 0.508. The summed E-state index contributed by atoms with van der Waals surface area (Å²) in [6.45, 7) is 6.27. The molecule has 0 bridgehead atoms. The van der Waals surface area contributed by atoms with Crippen LogP contribution < -0.4 is 5.43 Å². The van der Waals surface area contributed by atoms with Gasteiger partial charge in [-0.15, -0.1) is 0 Å². The molecule has 0 aliphatic carbocycles. The van der Waals surface area contributed by atoms with E-state index < -0.39 is 6.04 Å². The van der Waals surface area contributed by atoms with Crippen LogP contribution in [0, 0.1) is 13.8 Å². The quantitative estimate of drug-likeness (QED) is 0.721. The number of pyridine rings is 1. The molecular formula is C20H18N2O3. The lowest BCUT2D eigenvalue weighted by Crippen LogP contribution is -2.29. The molecule has 0 fully saturated rings. The van der Waals surface area contributed by atoms with Crippen molar-refractivity contribution in [2.75, 3.05) is 6.54 Å². The summed E-state index contributed by atoms with van der Waals surface area (Å²) < 4.78 is 5.90. The molecule has 25 heavy (non-hydrogen) atoms. The normalized spacial score (nSPS) is 16.5. The van der Waals surface area contributed by atoms with E-state index in [1.165, 1.54) is 0 Å². The van der Waals surface area contributed by atoms with Crippen molar-refractivity contribution in [2.45, 2.75) is 26.8 Å². The van der Waals surface area contributed by atoms with Gasteiger partial charge in [0.05, 0.1) is 16.6 Å². The van der Waals surface area contributed by atoms with E-state index in [9.17, 15) is 9.59 Å². The largest absolute Gasteiger partial charge is 0.450 e. The molecule has 4 rings (SSSR count). The zero-order chi connectivity index (χ0) is 17.7. The van der Waals surface area contributed by atoms with Crippen molar-refractivity contribution in [2.24, 2.45) is 0 Å². The van der Waals surface area contributed by atoms with E-state index in [0.717, 1.165) is 11.1 Å². The molecule has 5 heteroatoms. The van der Waals surface area contributed by atoms with Gasteiger partial charge in [0, 0.05) is 12.7 Å². The minimum Gasteiger partial charge on any atom is -0.450 e. The molecule has 126 valence electrons. The number of carbonyl (C=O) groups excluding carboxylic acids is 1. The monoisotopic (exact) mass is 334 g/mol. The molecule has 1 unspecified atom stereocenters. The Morgan fingerprint density at radius 2 is 1.92 bits per heavy atom. The van der Waals surface area contributed by atoms with Crippen LogP contribution in [0.15, 0.2) is 45.7 Å². The first-order valence-electron chi connectivity index (χ1n) is 8.32. The number of hydrogen-bond acceptors (Lipinski definition) is 4. The van der Waals surface area contributed by atoms with Gasteiger partial charge in [-0.2, -0.15) is 0 Å². The molecule has 1 amide bonds. The van der Waals surface area contributed by atoms with Crippen molar-refractivity contribution < 1.29 is 9.21 Å². The van der Waals surface area contributed by atoms with Gasteiger partial charge in [-0.25, -0.2) is 0 Å². The first-order valence-corrected chi connectivity index (χ1v) is 8.32. The second kappa shape index (κ2) is 5.55. The number of hydrogen-bond donors (Lipinski definition) is 0. The highest BCUT2D eigenvalue weighted by Gasteiger charge is 2.42. The van der Waals surface area contributed by atoms with Gasteiger partial charge >= 0.3 is 0 Å². The van der Waals surface area contributed by atoms with Crippen molar-refractivity contribution >= 4 is 16.9 Å². The molecule has 1 aromatic carbocycles. The SMILES string of the molecule is CCN1C(=O)c2oc3cc(C)c(C)cc3c(=O)c2C1c1ccccn1. The van der Waals surface area contributed by atoms with E-state index in [2.05, 4.69) is 4.98 Å². The average Bonchev–Trinajstić information content (AvgIpc) is 2.90. The number of benzene rings is 1. The Labute approximate surface area is 144 Å². The van der Waals surface area contributed by atoms with Gasteiger partial charge in [0.1, 0.15) is 11.6 Å². The zero-order valence-corrected chi connectivity index (χ0v) is 14.4. The van der Waals surface area contributed by atoms with Crippen LogP contribution in [0.1, 0.15) is 45.9 Å². The predicted octanol–water partition coefficient (Wildman–Crippen LogP) is 3.37. The van der Waals surface area contributed by atoms with Gasteiger partial charge < -0.3 is 9.32 Å². The molecule has 0 spiro atoms. The van der Waals surface area contributed by atoms with Crippen LogP contribution in [0.5, 0.6) is 0 Å². The fraction of sp³-hybridized carbons (Fsp3) is 0.250. The van der Waals surface area contributed by atoms with Crippen molar-refractivity contribution in [1.29, 1.82) is 0 Å². The summed E-state index contributed by atoms with van der Waals surface area (Å²) in [4.78, 5) is 32.0. The third kappa shape index (κ3) is 2.19. The number of aromatic nitrogens is 1. The standard InChI is InChI=1S/C20H18N2O3/c1-4-22-17(14-7-5-6-8-21-14)16-18(23)13-9-11(2)12(3)10-15(13)25-19(16)20(22)24/h5-10,17H,4H2,1-3H3. The first-order chi connectivity index (χ1) is 12.0. The van der Waals surface area contributed by atoms with Crippen molar-refractivity contribution in [1.82, 2.24) is 9.88 Å². The summed E-state index contributed by atoms with van der Waals surface area (Å²) >= 11 is 0. The molecular weight excluding hydrogens is 316 g/mol. The third-order valence-electron chi connectivity index (χ3n) is 4.89. The summed E-state index contributed by atoms with van der Waals surface area (Å²) in [6, 6.07) is 8.66. The Bertz CT molecular complexity index is 1050. The van der Waals surface area contributed by atoms with Gasteiger partial charge in [-0.1, -0.05) is 6.07 Å². The van der Waals surface area contributed by atoms with Gasteiger partial charge in [0.2, 0.25) is 5.76 Å². The van der Waals surface area contributed by atoms with E-state index >= 15 is 0 Å². The number of amides is 1. The molecule has 3 heterocycles. The van der Waals surface area contributed by atoms with E-state index in [1.807, 2.05) is 51.1 Å². The molecule has 0 radical (unpaired) electrons. The molecule has 0 saturated heterocycles. The van der Waals surface area contributed by atoms with Crippen LogP contribution in [-0.2, 0) is 0 Å². The van der Waals surface area contributed by atoms with E-state index in [0.29, 0.717) is 28.8 Å². The maximum atomic E-state index is 13.2. The zero-order valence-electron chi connectivity index (χ0n) is 14.4. The third-order valence-corrected chi connectivity index (χ3v) is 4.89. The van der Waals surface area contributed by atoms with Crippen LogP contribution >= 0.6 is 0 Å². The molecule has 0 N–H and O–H groups in total. The highest BCUT2D eigenvalue weighted by atomic mass is 16.3. The predicted molar refractivity (Wildman–Crippen MR) is 94.7 cm³/mol. The summed E-state index contributed by atoms with van der Waals surface area (Å²) in [6.07, 6.45) is 1.67. The number of nitrogens with zero attached hydrogens (tertiary/aromatic N) is 2. The van der Waals surface area contributed by atoms with Crippen LogP contribution in [0.3, 0.4) is 0 Å². The van der Waals surface area contributed by atoms with E-state index in [1.54, 1.807) is 11.1 Å². The Kier molecular flexibility index (Phi) is 3.46. The minimum absolute atomic E-state index is 0.137. The van der Waals surface area contributed by atoms with E-state index in [-0.39, 0.29) is 17.1 Å². The smallest absolute Gasteiger partial charge is 0.290 e. The van der Waals surface area contributed by atoms with E-state index in [4.69, 9.17) is 4.42 Å². The number of carbonyl (C=O) groups is 1. The second-order valence-corrected chi connectivity index (χ2v) is 6.35.